The zero-order valence-electron chi connectivity index (χ0n) is 21.1. The lowest BCUT2D eigenvalue weighted by atomic mass is 9.75. The van der Waals surface area contributed by atoms with Crippen LogP contribution < -0.4 is 5.32 Å². The number of hydrogen-bond acceptors (Lipinski definition) is 6. The maximum absolute atomic E-state index is 13.1. The third-order valence-corrected chi connectivity index (χ3v) is 7.13. The van der Waals surface area contributed by atoms with Crippen LogP contribution in [0.4, 0.5) is 5.82 Å². The largest absolute Gasteiger partial charge is 0.458 e. The number of H-pyrrole nitrogens is 1. The lowest BCUT2D eigenvalue weighted by molar-refractivity contribution is -0.0252. The lowest BCUT2D eigenvalue weighted by Crippen LogP contribution is -2.38. The summed E-state index contributed by atoms with van der Waals surface area (Å²) in [6, 6.07) is 6.81. The molecule has 1 aliphatic carbocycles. The zero-order valence-corrected chi connectivity index (χ0v) is 21.1. The molecule has 188 valence electrons. The summed E-state index contributed by atoms with van der Waals surface area (Å²) in [6.45, 7) is 10.4. The van der Waals surface area contributed by atoms with E-state index in [0.717, 1.165) is 18.4 Å². The molecule has 1 aliphatic heterocycles. The quantitative estimate of drug-likeness (QED) is 0.324. The van der Waals surface area contributed by atoms with Crippen LogP contribution in [0.2, 0.25) is 0 Å². The Labute approximate surface area is 206 Å². The highest BCUT2D eigenvalue weighted by Gasteiger charge is 2.36. The first-order chi connectivity index (χ1) is 16.7. The number of ether oxygens (including phenoxy) is 2. The number of fused-ring (bicyclic) bond motifs is 1. The fraction of sp³-hybridized carbons (Fsp3) is 0.519. The highest BCUT2D eigenvalue weighted by molar-refractivity contribution is 6.21. The molecular weight excluding hydrogens is 446 g/mol. The number of hydrogen-bond donors (Lipinski definition) is 2. The van der Waals surface area contributed by atoms with Crippen LogP contribution in [-0.2, 0) is 9.47 Å². The van der Waals surface area contributed by atoms with Gasteiger partial charge in [0.05, 0.1) is 23.8 Å². The van der Waals surface area contributed by atoms with E-state index in [1.54, 1.807) is 37.4 Å². The number of rotatable bonds is 8. The van der Waals surface area contributed by atoms with Crippen LogP contribution in [0.3, 0.4) is 0 Å². The van der Waals surface area contributed by atoms with E-state index in [4.69, 9.17) is 9.47 Å². The van der Waals surface area contributed by atoms with Crippen molar-refractivity contribution in [1.82, 2.24) is 9.88 Å². The number of nitrogens with zero attached hydrogens (tertiary/aromatic N) is 1. The lowest BCUT2D eigenvalue weighted by Gasteiger charge is -2.37. The van der Waals surface area contributed by atoms with Gasteiger partial charge in [-0.25, -0.2) is 4.79 Å². The van der Waals surface area contributed by atoms with Crippen LogP contribution in [0, 0.1) is 24.7 Å². The summed E-state index contributed by atoms with van der Waals surface area (Å²) in [5.74, 6) is 0.854. The molecule has 0 radical (unpaired) electrons. The van der Waals surface area contributed by atoms with Crippen molar-refractivity contribution in [2.24, 2.45) is 17.8 Å². The first-order valence-electron chi connectivity index (χ1n) is 12.4. The monoisotopic (exact) mass is 481 g/mol. The number of nitrogens with one attached hydrogen (secondary N) is 2. The minimum absolute atomic E-state index is 0.0956. The average molecular weight is 482 g/mol. The highest BCUT2D eigenvalue weighted by atomic mass is 16.5. The van der Waals surface area contributed by atoms with Crippen molar-refractivity contribution in [2.75, 3.05) is 18.6 Å². The molecule has 3 atom stereocenters. The van der Waals surface area contributed by atoms with E-state index >= 15 is 0 Å². The van der Waals surface area contributed by atoms with Crippen molar-refractivity contribution < 1.29 is 23.9 Å². The molecule has 2 heterocycles. The van der Waals surface area contributed by atoms with Gasteiger partial charge in [0.1, 0.15) is 24.2 Å². The first-order valence-corrected chi connectivity index (χ1v) is 12.4. The Morgan fingerprint density at radius 3 is 2.31 bits per heavy atom. The highest BCUT2D eigenvalue weighted by Crippen LogP contribution is 2.36. The Hall–Kier alpha value is -3.13. The van der Waals surface area contributed by atoms with Crippen LogP contribution in [-0.4, -0.2) is 53.2 Å². The van der Waals surface area contributed by atoms with Crippen molar-refractivity contribution in [2.45, 2.75) is 59.7 Å². The van der Waals surface area contributed by atoms with Gasteiger partial charge < -0.3 is 19.8 Å². The third kappa shape index (κ3) is 5.12. The molecule has 8 nitrogen and oxygen atoms in total. The van der Waals surface area contributed by atoms with Crippen LogP contribution in [0.1, 0.15) is 77.2 Å². The fourth-order valence-corrected chi connectivity index (χ4v) is 5.50. The molecule has 2 amide bonds. The van der Waals surface area contributed by atoms with Crippen LogP contribution in [0.5, 0.6) is 0 Å². The number of aryl methyl sites for hydroxylation is 1. The number of carbonyl (C=O) groups excluding carboxylic acids is 3. The molecule has 3 unspecified atom stereocenters. The number of anilines is 1. The summed E-state index contributed by atoms with van der Waals surface area (Å²) >= 11 is 0. The SMILES string of the molecule is Cc1c[nH]c(NCOC(C)CN2C(=O)c3ccccc3C2=O)c1C(=O)OC1C(C)CC(C)CC1C. The van der Waals surface area contributed by atoms with Crippen LogP contribution >= 0.6 is 0 Å². The van der Waals surface area contributed by atoms with Crippen LogP contribution in [0.15, 0.2) is 30.5 Å². The van der Waals surface area contributed by atoms with Gasteiger partial charge in [-0.3, -0.25) is 14.5 Å². The molecule has 2 N–H and O–H groups in total. The number of benzene rings is 1. The van der Waals surface area contributed by atoms with Gasteiger partial charge in [0.2, 0.25) is 0 Å². The van der Waals surface area contributed by atoms with Gasteiger partial charge in [0, 0.05) is 6.20 Å². The number of aromatic amines is 1. The molecule has 2 aromatic rings. The Kier molecular flexibility index (Phi) is 7.31. The Morgan fingerprint density at radius 2 is 1.71 bits per heavy atom. The molecule has 1 aromatic carbocycles. The fourth-order valence-electron chi connectivity index (χ4n) is 5.50. The van der Waals surface area contributed by atoms with E-state index in [0.29, 0.717) is 40.3 Å². The second-order valence-corrected chi connectivity index (χ2v) is 10.2. The summed E-state index contributed by atoms with van der Waals surface area (Å²) in [6.07, 6.45) is 3.37. The molecule has 1 fully saturated rings. The summed E-state index contributed by atoms with van der Waals surface area (Å²) in [5, 5.41) is 3.11. The topological polar surface area (TPSA) is 101 Å². The van der Waals surface area contributed by atoms with E-state index in [9.17, 15) is 14.4 Å². The van der Waals surface area contributed by atoms with Crippen molar-refractivity contribution in [3.63, 3.8) is 0 Å². The van der Waals surface area contributed by atoms with Crippen molar-refractivity contribution in [1.29, 1.82) is 0 Å². The number of imide groups is 1. The molecule has 0 spiro atoms. The van der Waals surface area contributed by atoms with Gasteiger partial charge in [0.25, 0.3) is 11.8 Å². The summed E-state index contributed by atoms with van der Waals surface area (Å²) in [5.41, 5.74) is 2.11. The predicted octanol–water partition coefficient (Wildman–Crippen LogP) is 4.62. The number of esters is 1. The molecule has 35 heavy (non-hydrogen) atoms. The van der Waals surface area contributed by atoms with Crippen LogP contribution in [0.25, 0.3) is 0 Å². The molecule has 0 bridgehead atoms. The summed E-state index contributed by atoms with van der Waals surface area (Å²) in [4.78, 5) is 42.5. The normalized spacial score (nSPS) is 24.9. The molecule has 1 aromatic heterocycles. The van der Waals surface area contributed by atoms with E-state index in [1.165, 1.54) is 4.90 Å². The predicted molar refractivity (Wildman–Crippen MR) is 132 cm³/mol. The van der Waals surface area contributed by atoms with Gasteiger partial charge in [-0.05, 0) is 62.1 Å². The van der Waals surface area contributed by atoms with E-state index in [1.807, 2.05) is 6.92 Å². The third-order valence-electron chi connectivity index (χ3n) is 7.13. The Balaban J connectivity index is 1.32. The number of amides is 2. The van der Waals surface area contributed by atoms with Crippen molar-refractivity contribution in [3.8, 4) is 0 Å². The number of carbonyl (C=O) groups is 3. The smallest absolute Gasteiger partial charge is 0.342 e. The summed E-state index contributed by atoms with van der Waals surface area (Å²) < 4.78 is 11.8. The summed E-state index contributed by atoms with van der Waals surface area (Å²) in [7, 11) is 0. The van der Waals surface area contributed by atoms with Gasteiger partial charge in [-0.15, -0.1) is 0 Å². The van der Waals surface area contributed by atoms with Crippen molar-refractivity contribution in [3.05, 3.63) is 52.7 Å². The molecule has 0 saturated heterocycles. The van der Waals surface area contributed by atoms with E-state index < -0.39 is 6.10 Å². The zero-order chi connectivity index (χ0) is 25.3. The molecular formula is C27H35N3O5. The molecule has 1 saturated carbocycles. The van der Waals surface area contributed by atoms with Gasteiger partial charge in [-0.2, -0.15) is 0 Å². The van der Waals surface area contributed by atoms with Gasteiger partial charge >= 0.3 is 5.97 Å². The average Bonchev–Trinajstić information content (AvgIpc) is 3.29. The molecule has 8 heteroatoms. The van der Waals surface area contributed by atoms with Crippen molar-refractivity contribution >= 4 is 23.6 Å². The van der Waals surface area contributed by atoms with Gasteiger partial charge in [0.15, 0.2) is 0 Å². The molecule has 2 aliphatic rings. The van der Waals surface area contributed by atoms with Gasteiger partial charge in [-0.1, -0.05) is 32.9 Å². The molecule has 4 rings (SSSR count). The van der Waals surface area contributed by atoms with E-state index in [-0.39, 0.29) is 37.2 Å². The second kappa shape index (κ2) is 10.2. The second-order valence-electron chi connectivity index (χ2n) is 10.2. The minimum atomic E-state index is -0.401. The first kappa shape index (κ1) is 25.0. The Bertz CT molecular complexity index is 1060. The number of aromatic nitrogens is 1. The standard InChI is InChI=1S/C27H35N3O5/c1-15-10-16(2)23(17(3)11-15)35-27(33)22-18(4)12-28-24(22)29-14-34-19(5)13-30-25(31)20-8-6-7-9-21(20)26(30)32/h6-9,12,15-17,19,23,28-29H,10-11,13-14H2,1-5H3. The van der Waals surface area contributed by atoms with E-state index in [2.05, 4.69) is 31.1 Å². The Morgan fingerprint density at radius 1 is 1.11 bits per heavy atom. The maximum Gasteiger partial charge on any atom is 0.342 e. The minimum Gasteiger partial charge on any atom is -0.458 e. The maximum atomic E-state index is 13.1.